The van der Waals surface area contributed by atoms with Gasteiger partial charge in [-0.25, -0.2) is 13.1 Å². The second-order valence-electron chi connectivity index (χ2n) is 6.22. The Hall–Kier alpha value is -2.19. The van der Waals surface area contributed by atoms with Crippen LogP contribution in [0.1, 0.15) is 24.1 Å². The molecule has 3 heterocycles. The number of aromatic nitrogens is 2. The van der Waals surface area contributed by atoms with E-state index in [1.54, 1.807) is 24.4 Å². The van der Waals surface area contributed by atoms with E-state index in [-0.39, 0.29) is 16.8 Å². The van der Waals surface area contributed by atoms with E-state index in [1.807, 2.05) is 10.7 Å². The first-order chi connectivity index (χ1) is 11.5. The molecule has 2 aliphatic rings. The lowest BCUT2D eigenvalue weighted by molar-refractivity contribution is -0.116. The molecule has 126 valence electrons. The van der Waals surface area contributed by atoms with Crippen LogP contribution in [0.15, 0.2) is 35.4 Å². The Kier molecular flexibility index (Phi) is 3.65. The Morgan fingerprint density at radius 2 is 2.12 bits per heavy atom. The molecule has 0 fully saturated rings. The third kappa shape index (κ3) is 2.83. The van der Waals surface area contributed by atoms with Crippen LogP contribution in [0.3, 0.4) is 0 Å². The molecule has 4 rings (SSSR count). The van der Waals surface area contributed by atoms with Crippen LogP contribution >= 0.6 is 0 Å². The van der Waals surface area contributed by atoms with Gasteiger partial charge in [-0.05, 0) is 42.7 Å². The van der Waals surface area contributed by atoms with Gasteiger partial charge in [-0.3, -0.25) is 9.48 Å². The lowest BCUT2D eigenvalue weighted by Crippen LogP contribution is -2.40. The van der Waals surface area contributed by atoms with Crippen molar-refractivity contribution in [3.63, 3.8) is 0 Å². The second kappa shape index (κ2) is 5.71. The molecule has 0 saturated carbocycles. The number of carbonyl (C=O) groups excluding carboxylic acids is 1. The van der Waals surface area contributed by atoms with Crippen molar-refractivity contribution in [3.05, 3.63) is 41.7 Å². The van der Waals surface area contributed by atoms with E-state index in [4.69, 9.17) is 0 Å². The fraction of sp³-hybridized carbons (Fsp3) is 0.375. The molecule has 0 aliphatic carbocycles. The van der Waals surface area contributed by atoms with Crippen LogP contribution in [-0.4, -0.2) is 30.1 Å². The van der Waals surface area contributed by atoms with Gasteiger partial charge in [-0.1, -0.05) is 0 Å². The first-order valence-electron chi connectivity index (χ1n) is 7.97. The van der Waals surface area contributed by atoms with Crippen LogP contribution in [0, 0.1) is 0 Å². The SMILES string of the molecule is O=C1CCc2cc(S(=O)(=O)N[C@H]3CCn4nccc4C3)ccc2N1. The maximum atomic E-state index is 12.7. The Labute approximate surface area is 140 Å². The van der Waals surface area contributed by atoms with E-state index in [0.29, 0.717) is 31.5 Å². The van der Waals surface area contributed by atoms with Crippen molar-refractivity contribution in [1.29, 1.82) is 0 Å². The van der Waals surface area contributed by atoms with E-state index in [2.05, 4.69) is 15.1 Å². The standard InChI is InChI=1S/C16H18N4O3S/c21-16-4-1-11-9-14(2-3-15(11)18-16)24(22,23)19-12-6-8-20-13(10-12)5-7-17-20/h2-3,5,7,9,12,19H,1,4,6,8,10H2,(H,18,21)/t12-/m0/s1. The summed E-state index contributed by atoms with van der Waals surface area (Å²) < 4.78 is 30.1. The van der Waals surface area contributed by atoms with Crippen molar-refractivity contribution in [3.8, 4) is 0 Å². The van der Waals surface area contributed by atoms with Crippen LogP contribution in [0.5, 0.6) is 0 Å². The van der Waals surface area contributed by atoms with Crippen molar-refractivity contribution in [1.82, 2.24) is 14.5 Å². The summed E-state index contributed by atoms with van der Waals surface area (Å²) in [5, 5.41) is 6.97. The molecule has 7 nitrogen and oxygen atoms in total. The highest BCUT2D eigenvalue weighted by Crippen LogP contribution is 2.26. The molecular weight excluding hydrogens is 328 g/mol. The zero-order chi connectivity index (χ0) is 16.7. The van der Waals surface area contributed by atoms with Crippen LogP contribution in [0.4, 0.5) is 5.69 Å². The van der Waals surface area contributed by atoms with E-state index >= 15 is 0 Å². The average molecular weight is 346 g/mol. The van der Waals surface area contributed by atoms with Crippen molar-refractivity contribution >= 4 is 21.6 Å². The summed E-state index contributed by atoms with van der Waals surface area (Å²) in [6.07, 6.45) is 4.04. The maximum Gasteiger partial charge on any atom is 0.240 e. The molecule has 0 spiro atoms. The molecule has 2 aliphatic heterocycles. The Balaban J connectivity index is 1.54. The number of nitrogens with zero attached hydrogens (tertiary/aromatic N) is 2. The van der Waals surface area contributed by atoms with Gasteiger partial charge in [-0.15, -0.1) is 0 Å². The molecule has 8 heteroatoms. The molecule has 0 saturated heterocycles. The quantitative estimate of drug-likeness (QED) is 0.869. The number of fused-ring (bicyclic) bond motifs is 2. The molecule has 2 N–H and O–H groups in total. The van der Waals surface area contributed by atoms with Gasteiger partial charge in [0, 0.05) is 43.0 Å². The fourth-order valence-corrected chi connectivity index (χ4v) is 4.60. The number of amides is 1. The Morgan fingerprint density at radius 3 is 3.00 bits per heavy atom. The molecule has 0 radical (unpaired) electrons. The normalized spacial score (nSPS) is 20.2. The van der Waals surface area contributed by atoms with Crippen molar-refractivity contribution in [2.24, 2.45) is 0 Å². The van der Waals surface area contributed by atoms with Crippen LogP contribution in [0.2, 0.25) is 0 Å². The number of benzene rings is 1. The second-order valence-corrected chi connectivity index (χ2v) is 7.94. The van der Waals surface area contributed by atoms with Crippen molar-refractivity contribution in [2.45, 2.75) is 43.2 Å². The minimum atomic E-state index is -3.58. The first kappa shape index (κ1) is 15.3. The lowest BCUT2D eigenvalue weighted by atomic mass is 10.0. The molecule has 1 aromatic carbocycles. The van der Waals surface area contributed by atoms with Gasteiger partial charge in [0.15, 0.2) is 0 Å². The van der Waals surface area contributed by atoms with Gasteiger partial charge in [0.05, 0.1) is 4.90 Å². The molecule has 1 amide bonds. The van der Waals surface area contributed by atoms with E-state index < -0.39 is 10.0 Å². The molecule has 1 atom stereocenters. The largest absolute Gasteiger partial charge is 0.326 e. The molecule has 0 bridgehead atoms. The third-order valence-corrected chi connectivity index (χ3v) is 6.07. The van der Waals surface area contributed by atoms with E-state index in [9.17, 15) is 13.2 Å². The summed E-state index contributed by atoms with van der Waals surface area (Å²) in [4.78, 5) is 11.6. The van der Waals surface area contributed by atoms with Gasteiger partial charge in [0.2, 0.25) is 15.9 Å². The van der Waals surface area contributed by atoms with Gasteiger partial charge in [-0.2, -0.15) is 5.10 Å². The summed E-state index contributed by atoms with van der Waals surface area (Å²) in [7, 11) is -3.58. The highest BCUT2D eigenvalue weighted by Gasteiger charge is 2.26. The summed E-state index contributed by atoms with van der Waals surface area (Å²) >= 11 is 0. The minimum Gasteiger partial charge on any atom is -0.326 e. The highest BCUT2D eigenvalue weighted by molar-refractivity contribution is 7.89. The Bertz CT molecular complexity index is 904. The van der Waals surface area contributed by atoms with E-state index in [0.717, 1.165) is 17.7 Å². The molecule has 0 unspecified atom stereocenters. The number of anilines is 1. The lowest BCUT2D eigenvalue weighted by Gasteiger charge is -2.24. The maximum absolute atomic E-state index is 12.7. The van der Waals surface area contributed by atoms with Gasteiger partial charge >= 0.3 is 0 Å². The summed E-state index contributed by atoms with van der Waals surface area (Å²) in [5.74, 6) is -0.0324. The first-order valence-corrected chi connectivity index (χ1v) is 9.45. The molecular formula is C16H18N4O3S. The zero-order valence-corrected chi connectivity index (χ0v) is 13.8. The van der Waals surface area contributed by atoms with Crippen molar-refractivity contribution in [2.75, 3.05) is 5.32 Å². The zero-order valence-electron chi connectivity index (χ0n) is 13.0. The number of nitrogens with one attached hydrogen (secondary N) is 2. The van der Waals surface area contributed by atoms with E-state index in [1.165, 1.54) is 0 Å². The Morgan fingerprint density at radius 1 is 1.25 bits per heavy atom. The van der Waals surface area contributed by atoms with Gasteiger partial charge in [0.1, 0.15) is 0 Å². The summed E-state index contributed by atoms with van der Waals surface area (Å²) in [6, 6.07) is 6.65. The van der Waals surface area contributed by atoms with Crippen molar-refractivity contribution < 1.29 is 13.2 Å². The topological polar surface area (TPSA) is 93.1 Å². The molecule has 1 aromatic heterocycles. The predicted octanol–water partition coefficient (Wildman–Crippen LogP) is 1.06. The molecule has 2 aromatic rings. The summed E-state index contributed by atoms with van der Waals surface area (Å²) in [5.41, 5.74) is 2.60. The number of aryl methyl sites for hydroxylation is 2. The number of carbonyl (C=O) groups is 1. The minimum absolute atomic E-state index is 0.0324. The third-order valence-electron chi connectivity index (χ3n) is 4.55. The van der Waals surface area contributed by atoms with Crippen LogP contribution in [0.25, 0.3) is 0 Å². The van der Waals surface area contributed by atoms with Crippen LogP contribution < -0.4 is 10.0 Å². The predicted molar refractivity (Wildman–Crippen MR) is 88.1 cm³/mol. The molecule has 24 heavy (non-hydrogen) atoms. The average Bonchev–Trinajstić information content (AvgIpc) is 3.01. The monoisotopic (exact) mass is 346 g/mol. The number of sulfonamides is 1. The number of rotatable bonds is 3. The smallest absolute Gasteiger partial charge is 0.240 e. The fourth-order valence-electron chi connectivity index (χ4n) is 3.28. The summed E-state index contributed by atoms with van der Waals surface area (Å²) in [6.45, 7) is 0.714. The highest BCUT2D eigenvalue weighted by atomic mass is 32.2. The van der Waals surface area contributed by atoms with Gasteiger partial charge < -0.3 is 5.32 Å². The number of hydrogen-bond acceptors (Lipinski definition) is 4. The van der Waals surface area contributed by atoms with Gasteiger partial charge in [0.25, 0.3) is 0 Å². The van der Waals surface area contributed by atoms with Crippen LogP contribution in [-0.2, 0) is 34.2 Å². The number of hydrogen-bond donors (Lipinski definition) is 2.